The van der Waals surface area contributed by atoms with E-state index >= 15 is 0 Å². The van der Waals surface area contributed by atoms with Gasteiger partial charge in [-0.15, -0.1) is 0 Å². The predicted octanol–water partition coefficient (Wildman–Crippen LogP) is 4.15. The van der Waals surface area contributed by atoms with Crippen molar-refractivity contribution in [2.24, 2.45) is 5.73 Å². The topological polar surface area (TPSA) is 56.0 Å². The van der Waals surface area contributed by atoms with E-state index in [1.165, 1.54) is 0 Å². The summed E-state index contributed by atoms with van der Waals surface area (Å²) in [6, 6.07) is 23.6. The summed E-state index contributed by atoms with van der Waals surface area (Å²) < 4.78 is 0. The van der Waals surface area contributed by atoms with Gasteiger partial charge in [-0.1, -0.05) is 60.7 Å². The van der Waals surface area contributed by atoms with E-state index in [-0.39, 0.29) is 0 Å². The summed E-state index contributed by atoms with van der Waals surface area (Å²) in [5.74, 6) is -0.440. The molecule has 2 N–H and O–H groups in total. The minimum atomic E-state index is -0.440. The van der Waals surface area contributed by atoms with Crippen molar-refractivity contribution in [1.29, 1.82) is 0 Å². The number of benzene rings is 3. The van der Waals surface area contributed by atoms with E-state index in [9.17, 15) is 4.79 Å². The number of rotatable bonds is 2. The number of carbonyl (C=O) groups is 1. The van der Waals surface area contributed by atoms with Crippen molar-refractivity contribution in [2.75, 3.05) is 0 Å². The first-order valence-electron chi connectivity index (χ1n) is 7.42. The molecule has 23 heavy (non-hydrogen) atoms. The van der Waals surface area contributed by atoms with Gasteiger partial charge in [0.15, 0.2) is 0 Å². The van der Waals surface area contributed by atoms with Gasteiger partial charge in [-0.25, -0.2) is 4.98 Å². The number of aromatic nitrogens is 1. The largest absolute Gasteiger partial charge is 0.366 e. The summed E-state index contributed by atoms with van der Waals surface area (Å²) in [6.45, 7) is 0. The molecule has 3 aromatic carbocycles. The summed E-state index contributed by atoms with van der Waals surface area (Å²) in [5, 5.41) is 3.03. The van der Waals surface area contributed by atoms with Crippen LogP contribution in [0.15, 0.2) is 72.8 Å². The molecule has 1 heterocycles. The number of pyridine rings is 1. The minimum Gasteiger partial charge on any atom is -0.366 e. The van der Waals surface area contributed by atoms with Crippen molar-refractivity contribution in [3.63, 3.8) is 0 Å². The van der Waals surface area contributed by atoms with Gasteiger partial charge in [-0.2, -0.15) is 0 Å². The van der Waals surface area contributed by atoms with Crippen molar-refractivity contribution in [3.8, 4) is 11.3 Å². The van der Waals surface area contributed by atoms with E-state index in [2.05, 4.69) is 18.2 Å². The summed E-state index contributed by atoms with van der Waals surface area (Å²) in [6.07, 6.45) is 0. The summed E-state index contributed by atoms with van der Waals surface area (Å²) in [7, 11) is 0. The SMILES string of the molecule is NC(=O)c1cc(-c2cccc3ccccc23)nc2ccccc12. The third kappa shape index (κ3) is 2.23. The fourth-order valence-corrected chi connectivity index (χ4v) is 2.97. The van der Waals surface area contributed by atoms with Crippen LogP contribution in [0.1, 0.15) is 10.4 Å². The lowest BCUT2D eigenvalue weighted by atomic mass is 9.99. The van der Waals surface area contributed by atoms with Crippen molar-refractivity contribution >= 4 is 27.6 Å². The molecular formula is C20H14N2O. The summed E-state index contributed by atoms with van der Waals surface area (Å²) in [5.41, 5.74) is 8.60. The fourth-order valence-electron chi connectivity index (χ4n) is 2.97. The van der Waals surface area contributed by atoms with Crippen LogP contribution < -0.4 is 5.73 Å². The molecule has 1 amide bonds. The Hall–Kier alpha value is -3.20. The number of carbonyl (C=O) groups excluding carboxylic acids is 1. The Kier molecular flexibility index (Phi) is 3.05. The van der Waals surface area contributed by atoms with Crippen LogP contribution in [0.3, 0.4) is 0 Å². The van der Waals surface area contributed by atoms with Gasteiger partial charge >= 0.3 is 0 Å². The third-order valence-corrected chi connectivity index (χ3v) is 4.05. The highest BCUT2D eigenvalue weighted by molar-refractivity contribution is 6.07. The van der Waals surface area contributed by atoms with Crippen molar-refractivity contribution in [3.05, 3.63) is 78.4 Å². The Bertz CT molecular complexity index is 1050. The number of hydrogen-bond acceptors (Lipinski definition) is 2. The molecule has 3 nitrogen and oxygen atoms in total. The predicted molar refractivity (Wildman–Crippen MR) is 93.2 cm³/mol. The second-order valence-electron chi connectivity index (χ2n) is 5.46. The molecule has 0 aliphatic carbocycles. The molecule has 0 fully saturated rings. The van der Waals surface area contributed by atoms with Crippen LogP contribution in [0, 0.1) is 0 Å². The molecule has 0 atom stereocenters. The zero-order valence-electron chi connectivity index (χ0n) is 12.4. The third-order valence-electron chi connectivity index (χ3n) is 4.05. The molecule has 0 aliphatic heterocycles. The van der Waals surface area contributed by atoms with Gasteiger partial charge in [0, 0.05) is 10.9 Å². The average molecular weight is 298 g/mol. The lowest BCUT2D eigenvalue weighted by Crippen LogP contribution is -2.12. The molecule has 0 unspecified atom stereocenters. The summed E-state index contributed by atoms with van der Waals surface area (Å²) >= 11 is 0. The standard InChI is InChI=1S/C20H14N2O/c21-20(23)17-12-19(22-18-11-4-3-9-16(17)18)15-10-5-7-13-6-1-2-8-14(13)15/h1-12H,(H2,21,23). The number of nitrogens with zero attached hydrogens (tertiary/aromatic N) is 1. The molecule has 0 aliphatic rings. The first kappa shape index (κ1) is 13.5. The Balaban J connectivity index is 2.07. The maximum atomic E-state index is 11.9. The zero-order valence-corrected chi connectivity index (χ0v) is 12.4. The smallest absolute Gasteiger partial charge is 0.249 e. The second kappa shape index (κ2) is 5.21. The van der Waals surface area contributed by atoms with Gasteiger partial charge in [0.25, 0.3) is 0 Å². The molecule has 1 aromatic heterocycles. The Morgan fingerprint density at radius 3 is 2.35 bits per heavy atom. The van der Waals surface area contributed by atoms with Crippen molar-refractivity contribution in [1.82, 2.24) is 4.98 Å². The van der Waals surface area contributed by atoms with Crippen LogP contribution in [0.2, 0.25) is 0 Å². The molecular weight excluding hydrogens is 284 g/mol. The Morgan fingerprint density at radius 2 is 1.52 bits per heavy atom. The molecule has 4 aromatic rings. The van der Waals surface area contributed by atoms with Crippen molar-refractivity contribution in [2.45, 2.75) is 0 Å². The van der Waals surface area contributed by atoms with Crippen LogP contribution in [0.25, 0.3) is 32.9 Å². The lowest BCUT2D eigenvalue weighted by Gasteiger charge is -2.10. The Labute approximate surface area is 133 Å². The highest BCUT2D eigenvalue weighted by Crippen LogP contribution is 2.30. The van der Waals surface area contributed by atoms with Crippen LogP contribution in [-0.2, 0) is 0 Å². The minimum absolute atomic E-state index is 0.440. The van der Waals surface area contributed by atoms with Crippen LogP contribution in [-0.4, -0.2) is 10.9 Å². The van der Waals surface area contributed by atoms with E-state index in [0.29, 0.717) is 5.56 Å². The molecule has 0 saturated carbocycles. The molecule has 0 radical (unpaired) electrons. The number of fused-ring (bicyclic) bond motifs is 2. The van der Waals surface area contributed by atoms with Crippen LogP contribution >= 0.6 is 0 Å². The monoisotopic (exact) mass is 298 g/mol. The van der Waals surface area contributed by atoms with Gasteiger partial charge < -0.3 is 5.73 Å². The quantitative estimate of drug-likeness (QED) is 0.604. The van der Waals surface area contributed by atoms with Crippen LogP contribution in [0.5, 0.6) is 0 Å². The number of nitrogens with two attached hydrogens (primary N) is 1. The molecule has 0 spiro atoms. The zero-order chi connectivity index (χ0) is 15.8. The van der Waals surface area contributed by atoms with Gasteiger partial charge in [0.05, 0.1) is 16.8 Å². The first-order chi connectivity index (χ1) is 11.2. The number of primary amides is 1. The van der Waals surface area contributed by atoms with E-state index in [4.69, 9.17) is 10.7 Å². The van der Waals surface area contributed by atoms with Crippen molar-refractivity contribution < 1.29 is 4.79 Å². The number of amides is 1. The molecule has 0 saturated heterocycles. The number of para-hydroxylation sites is 1. The van der Waals surface area contributed by atoms with E-state index < -0.39 is 5.91 Å². The average Bonchev–Trinajstić information content (AvgIpc) is 2.60. The molecule has 4 rings (SSSR count). The fraction of sp³-hybridized carbons (Fsp3) is 0. The molecule has 0 bridgehead atoms. The maximum absolute atomic E-state index is 11.9. The summed E-state index contributed by atoms with van der Waals surface area (Å²) in [4.78, 5) is 16.6. The van der Waals surface area contributed by atoms with Gasteiger partial charge in [0.2, 0.25) is 5.91 Å². The molecule has 110 valence electrons. The number of hydrogen-bond donors (Lipinski definition) is 1. The van der Waals surface area contributed by atoms with Gasteiger partial charge in [-0.3, -0.25) is 4.79 Å². The van der Waals surface area contributed by atoms with E-state index in [1.54, 1.807) is 6.07 Å². The highest BCUT2D eigenvalue weighted by atomic mass is 16.1. The van der Waals surface area contributed by atoms with E-state index in [1.807, 2.05) is 48.5 Å². The van der Waals surface area contributed by atoms with Gasteiger partial charge in [-0.05, 0) is 22.9 Å². The normalized spacial score (nSPS) is 11.0. The molecule has 3 heteroatoms. The second-order valence-corrected chi connectivity index (χ2v) is 5.46. The van der Waals surface area contributed by atoms with Crippen LogP contribution in [0.4, 0.5) is 0 Å². The first-order valence-corrected chi connectivity index (χ1v) is 7.42. The highest BCUT2D eigenvalue weighted by Gasteiger charge is 2.12. The van der Waals surface area contributed by atoms with E-state index in [0.717, 1.165) is 32.9 Å². The van der Waals surface area contributed by atoms with Gasteiger partial charge in [0.1, 0.15) is 0 Å². The lowest BCUT2D eigenvalue weighted by molar-refractivity contribution is 0.100. The Morgan fingerprint density at radius 1 is 0.826 bits per heavy atom. The maximum Gasteiger partial charge on any atom is 0.249 e.